The Kier molecular flexibility index (Phi) is 7.37. The SMILES string of the molecule is CC(C)CN1CCO[C@@H](CNC(=S)Nc2cc([N+](=O)[O-])ccc2Cl)C1. The minimum Gasteiger partial charge on any atom is -0.374 e. The maximum Gasteiger partial charge on any atom is 0.271 e. The van der Waals surface area contributed by atoms with Crippen LogP contribution in [0, 0.1) is 16.0 Å². The highest BCUT2D eigenvalue weighted by Crippen LogP contribution is 2.26. The zero-order valence-electron chi connectivity index (χ0n) is 14.3. The van der Waals surface area contributed by atoms with Gasteiger partial charge in [0.05, 0.1) is 28.3 Å². The highest BCUT2D eigenvalue weighted by molar-refractivity contribution is 7.80. The van der Waals surface area contributed by atoms with E-state index in [1.165, 1.54) is 18.2 Å². The Hall–Kier alpha value is -1.48. The van der Waals surface area contributed by atoms with Gasteiger partial charge in [-0.3, -0.25) is 15.0 Å². The maximum absolute atomic E-state index is 10.9. The predicted octanol–water partition coefficient (Wildman–Crippen LogP) is 2.89. The standard InChI is InChI=1S/C16H23ClN4O3S/c1-11(2)9-20-5-6-24-13(10-20)8-18-16(25)19-15-7-12(21(22)23)3-4-14(15)17/h3-4,7,11,13H,5-6,8-10H2,1-2H3,(H2,18,19,25)/t13-/m0/s1. The summed E-state index contributed by atoms with van der Waals surface area (Å²) >= 11 is 11.3. The number of nitrogens with one attached hydrogen (secondary N) is 2. The second kappa shape index (κ2) is 9.28. The third kappa shape index (κ3) is 6.39. The molecule has 1 heterocycles. The Balaban J connectivity index is 1.84. The molecule has 7 nitrogen and oxygen atoms in total. The summed E-state index contributed by atoms with van der Waals surface area (Å²) in [5.41, 5.74) is 0.356. The molecule has 1 fully saturated rings. The van der Waals surface area contributed by atoms with Crippen molar-refractivity contribution >= 4 is 40.3 Å². The Morgan fingerprint density at radius 1 is 1.56 bits per heavy atom. The Morgan fingerprint density at radius 2 is 2.32 bits per heavy atom. The lowest BCUT2D eigenvalue weighted by Crippen LogP contribution is -2.48. The van der Waals surface area contributed by atoms with E-state index in [1.807, 2.05) is 0 Å². The van der Waals surface area contributed by atoms with Crippen LogP contribution in [0.3, 0.4) is 0 Å². The fraction of sp³-hybridized carbons (Fsp3) is 0.562. The van der Waals surface area contributed by atoms with Crippen molar-refractivity contribution in [3.05, 3.63) is 33.3 Å². The number of nitro benzene ring substituents is 1. The summed E-state index contributed by atoms with van der Waals surface area (Å²) in [5, 5.41) is 17.6. The fourth-order valence-corrected chi connectivity index (χ4v) is 3.04. The van der Waals surface area contributed by atoms with Gasteiger partial charge in [-0.2, -0.15) is 0 Å². The van der Waals surface area contributed by atoms with Gasteiger partial charge in [0.25, 0.3) is 5.69 Å². The molecule has 1 aliphatic heterocycles. The molecule has 9 heteroatoms. The van der Waals surface area contributed by atoms with Crippen molar-refractivity contribution in [1.82, 2.24) is 10.2 Å². The number of hydrogen-bond donors (Lipinski definition) is 2. The molecular weight excluding hydrogens is 364 g/mol. The van der Waals surface area contributed by atoms with Crippen LogP contribution in [-0.2, 0) is 4.74 Å². The number of halogens is 1. The smallest absolute Gasteiger partial charge is 0.271 e. The molecule has 1 aliphatic rings. The highest BCUT2D eigenvalue weighted by Gasteiger charge is 2.21. The predicted molar refractivity (Wildman–Crippen MR) is 103 cm³/mol. The average Bonchev–Trinajstić information content (AvgIpc) is 2.54. The monoisotopic (exact) mass is 386 g/mol. The number of nitrogens with zero attached hydrogens (tertiary/aromatic N) is 2. The molecule has 0 unspecified atom stereocenters. The van der Waals surface area contributed by atoms with Gasteiger partial charge in [0.15, 0.2) is 5.11 Å². The molecule has 1 aromatic rings. The zero-order valence-corrected chi connectivity index (χ0v) is 15.9. The van der Waals surface area contributed by atoms with Crippen molar-refractivity contribution in [2.45, 2.75) is 20.0 Å². The molecule has 1 saturated heterocycles. The first-order valence-electron chi connectivity index (χ1n) is 8.18. The molecule has 0 saturated carbocycles. The minimum atomic E-state index is -0.475. The number of non-ortho nitro benzene ring substituents is 1. The van der Waals surface area contributed by atoms with E-state index in [1.54, 1.807) is 0 Å². The number of nitro groups is 1. The molecule has 0 aliphatic carbocycles. The molecule has 1 atom stereocenters. The number of hydrogen-bond acceptors (Lipinski definition) is 5. The number of ether oxygens (including phenoxy) is 1. The van der Waals surface area contributed by atoms with Gasteiger partial charge in [0.1, 0.15) is 0 Å². The number of rotatable bonds is 6. The highest BCUT2D eigenvalue weighted by atomic mass is 35.5. The second-order valence-electron chi connectivity index (χ2n) is 6.40. The first-order valence-corrected chi connectivity index (χ1v) is 8.96. The van der Waals surface area contributed by atoms with Crippen molar-refractivity contribution in [2.75, 3.05) is 38.1 Å². The van der Waals surface area contributed by atoms with Crippen LogP contribution >= 0.6 is 23.8 Å². The normalized spacial score (nSPS) is 18.2. The molecule has 25 heavy (non-hydrogen) atoms. The van der Waals surface area contributed by atoms with Crippen molar-refractivity contribution < 1.29 is 9.66 Å². The molecule has 0 spiro atoms. The second-order valence-corrected chi connectivity index (χ2v) is 7.22. The summed E-state index contributed by atoms with van der Waals surface area (Å²) in [6.07, 6.45) is 0.0489. The largest absolute Gasteiger partial charge is 0.374 e. The summed E-state index contributed by atoms with van der Waals surface area (Å²) in [5.74, 6) is 0.616. The lowest BCUT2D eigenvalue weighted by atomic mass is 10.2. The van der Waals surface area contributed by atoms with Crippen molar-refractivity contribution in [2.24, 2.45) is 5.92 Å². The molecular formula is C16H23ClN4O3S. The number of benzene rings is 1. The van der Waals surface area contributed by atoms with Gasteiger partial charge in [0, 0.05) is 38.3 Å². The van der Waals surface area contributed by atoms with E-state index in [2.05, 4.69) is 29.4 Å². The van der Waals surface area contributed by atoms with Gasteiger partial charge in [-0.15, -0.1) is 0 Å². The van der Waals surface area contributed by atoms with E-state index in [0.29, 0.717) is 34.9 Å². The molecule has 1 aromatic carbocycles. The summed E-state index contributed by atoms with van der Waals surface area (Å²) in [6.45, 7) is 8.51. The third-order valence-corrected chi connectivity index (χ3v) is 4.32. The topological polar surface area (TPSA) is 79.7 Å². The van der Waals surface area contributed by atoms with Gasteiger partial charge in [-0.05, 0) is 24.2 Å². The number of thiocarbonyl (C=S) groups is 1. The molecule has 2 N–H and O–H groups in total. The van der Waals surface area contributed by atoms with E-state index in [-0.39, 0.29) is 11.8 Å². The van der Waals surface area contributed by atoms with Crippen LogP contribution in [0.4, 0.5) is 11.4 Å². The Morgan fingerprint density at radius 3 is 3.00 bits per heavy atom. The quantitative estimate of drug-likeness (QED) is 0.442. The van der Waals surface area contributed by atoms with Crippen LogP contribution in [0.5, 0.6) is 0 Å². The Bertz CT molecular complexity index is 629. The molecule has 0 bridgehead atoms. The van der Waals surface area contributed by atoms with Crippen molar-refractivity contribution in [1.29, 1.82) is 0 Å². The maximum atomic E-state index is 10.9. The van der Waals surface area contributed by atoms with Crippen molar-refractivity contribution in [3.8, 4) is 0 Å². The van der Waals surface area contributed by atoms with Crippen LogP contribution in [0.15, 0.2) is 18.2 Å². The first kappa shape index (κ1) is 19.8. The first-order chi connectivity index (χ1) is 11.8. The molecule has 0 aromatic heterocycles. The minimum absolute atomic E-state index is 0.0466. The molecule has 138 valence electrons. The summed E-state index contributed by atoms with van der Waals surface area (Å²) in [4.78, 5) is 12.8. The van der Waals surface area contributed by atoms with Gasteiger partial charge in [0.2, 0.25) is 0 Å². The lowest BCUT2D eigenvalue weighted by molar-refractivity contribution is -0.384. The molecule has 0 radical (unpaired) electrons. The van der Waals surface area contributed by atoms with Gasteiger partial charge in [-0.25, -0.2) is 0 Å². The lowest BCUT2D eigenvalue weighted by Gasteiger charge is -2.34. The van der Waals surface area contributed by atoms with Gasteiger partial charge >= 0.3 is 0 Å². The summed E-state index contributed by atoms with van der Waals surface area (Å²) < 4.78 is 5.76. The zero-order chi connectivity index (χ0) is 18.4. The van der Waals surface area contributed by atoms with E-state index in [0.717, 1.165) is 19.6 Å². The van der Waals surface area contributed by atoms with Crippen LogP contribution in [0.1, 0.15) is 13.8 Å². The van der Waals surface area contributed by atoms with Crippen LogP contribution < -0.4 is 10.6 Å². The number of morpholine rings is 1. The Labute approximate surface area is 157 Å². The molecule has 0 amide bonds. The van der Waals surface area contributed by atoms with Crippen LogP contribution in [0.2, 0.25) is 5.02 Å². The van der Waals surface area contributed by atoms with E-state index < -0.39 is 4.92 Å². The average molecular weight is 387 g/mol. The summed E-state index contributed by atoms with van der Waals surface area (Å²) in [7, 11) is 0. The van der Waals surface area contributed by atoms with E-state index in [4.69, 9.17) is 28.6 Å². The van der Waals surface area contributed by atoms with E-state index >= 15 is 0 Å². The van der Waals surface area contributed by atoms with Crippen LogP contribution in [-0.4, -0.2) is 53.8 Å². The summed E-state index contributed by atoms with van der Waals surface area (Å²) in [6, 6.07) is 4.18. The third-order valence-electron chi connectivity index (χ3n) is 3.75. The van der Waals surface area contributed by atoms with E-state index in [9.17, 15) is 10.1 Å². The molecule has 2 rings (SSSR count). The van der Waals surface area contributed by atoms with Crippen molar-refractivity contribution in [3.63, 3.8) is 0 Å². The fourth-order valence-electron chi connectivity index (χ4n) is 2.68. The van der Waals surface area contributed by atoms with Gasteiger partial charge < -0.3 is 15.4 Å². The van der Waals surface area contributed by atoms with Crippen LogP contribution in [0.25, 0.3) is 0 Å². The number of anilines is 1. The van der Waals surface area contributed by atoms with Gasteiger partial charge in [-0.1, -0.05) is 25.4 Å².